The average molecular weight is 249 g/mol. The number of methoxy groups -OCH3 is 2. The number of para-hydroxylation sites is 1. The summed E-state index contributed by atoms with van der Waals surface area (Å²) in [5, 5.41) is 19.0. The highest BCUT2D eigenvalue weighted by Gasteiger charge is 2.24. The summed E-state index contributed by atoms with van der Waals surface area (Å²) in [5.41, 5.74) is -0.400. The van der Waals surface area contributed by atoms with Crippen LogP contribution in [0.3, 0.4) is 0 Å². The number of aromatic nitrogens is 1. The van der Waals surface area contributed by atoms with Crippen molar-refractivity contribution in [3.63, 3.8) is 0 Å². The molecule has 1 aromatic heterocycles. The molecular weight excluding hydrogens is 237 g/mol. The van der Waals surface area contributed by atoms with Crippen LogP contribution in [0.25, 0.3) is 10.9 Å². The molecule has 0 aliphatic rings. The van der Waals surface area contributed by atoms with Crippen LogP contribution >= 0.6 is 0 Å². The largest absolute Gasteiger partial charge is 0.498 e. The van der Waals surface area contributed by atoms with Gasteiger partial charge in [-0.15, -0.1) is 0 Å². The van der Waals surface area contributed by atoms with Crippen molar-refractivity contribution in [2.45, 2.75) is 0 Å². The molecule has 1 aromatic carbocycles. The van der Waals surface area contributed by atoms with Gasteiger partial charge in [-0.1, -0.05) is 6.07 Å². The molecule has 0 amide bonds. The molecule has 0 saturated heterocycles. The zero-order valence-corrected chi connectivity index (χ0v) is 9.93. The van der Waals surface area contributed by atoms with E-state index in [-0.39, 0.29) is 11.2 Å². The summed E-state index contributed by atoms with van der Waals surface area (Å²) < 4.78 is 10.2. The fourth-order valence-corrected chi connectivity index (χ4v) is 1.90. The van der Waals surface area contributed by atoms with Crippen molar-refractivity contribution < 1.29 is 19.5 Å². The lowest BCUT2D eigenvalue weighted by Crippen LogP contribution is -2.43. The molecule has 0 unspecified atom stereocenters. The summed E-state index contributed by atoms with van der Waals surface area (Å²) >= 11 is 0. The second kappa shape index (κ2) is 4.71. The number of hydrogen-bond donors (Lipinski definition) is 3. The first kappa shape index (κ1) is 12.5. The van der Waals surface area contributed by atoms with E-state index >= 15 is 0 Å². The van der Waals surface area contributed by atoms with E-state index in [4.69, 9.17) is 9.47 Å². The van der Waals surface area contributed by atoms with Gasteiger partial charge < -0.3 is 24.5 Å². The number of H-pyrrole nitrogens is 1. The van der Waals surface area contributed by atoms with Crippen LogP contribution in [0.1, 0.15) is 0 Å². The highest BCUT2D eigenvalue weighted by atomic mass is 16.5. The Bertz CT molecular complexity index is 637. The third kappa shape index (κ3) is 1.83. The van der Waals surface area contributed by atoms with Crippen LogP contribution in [0.5, 0.6) is 11.5 Å². The molecule has 0 aliphatic heterocycles. The molecule has 2 rings (SSSR count). The molecule has 0 bridgehead atoms. The Balaban J connectivity index is 2.93. The average Bonchev–Trinajstić information content (AvgIpc) is 2.35. The van der Waals surface area contributed by atoms with Crippen molar-refractivity contribution in [1.29, 1.82) is 0 Å². The minimum atomic E-state index is -1.90. The molecule has 7 heteroatoms. The predicted molar refractivity (Wildman–Crippen MR) is 67.5 cm³/mol. The maximum atomic E-state index is 11.8. The molecule has 0 aliphatic carbocycles. The Morgan fingerprint density at radius 2 is 1.94 bits per heavy atom. The normalized spacial score (nSPS) is 10.4. The monoisotopic (exact) mass is 249 g/mol. The zero-order chi connectivity index (χ0) is 13.3. The molecule has 18 heavy (non-hydrogen) atoms. The summed E-state index contributed by atoms with van der Waals surface area (Å²) in [5.74, 6) is 0.601. The van der Waals surface area contributed by atoms with Gasteiger partial charge in [-0.3, -0.25) is 4.79 Å². The number of rotatable bonds is 3. The van der Waals surface area contributed by atoms with Crippen LogP contribution in [0.2, 0.25) is 0 Å². The number of ether oxygens (including phenoxy) is 2. The summed E-state index contributed by atoms with van der Waals surface area (Å²) in [4.78, 5) is 14.4. The lowest BCUT2D eigenvalue weighted by atomic mass is 9.79. The van der Waals surface area contributed by atoms with E-state index in [1.54, 1.807) is 18.2 Å². The molecular formula is C11H12BNO5. The maximum absolute atomic E-state index is 11.8. The SMILES string of the molecule is COc1c(B(O)O)c(=O)[nH]c2c(OC)cccc12. The van der Waals surface area contributed by atoms with E-state index in [1.165, 1.54) is 14.2 Å². The van der Waals surface area contributed by atoms with Gasteiger partial charge in [0.15, 0.2) is 0 Å². The molecule has 2 aromatic rings. The first-order chi connectivity index (χ1) is 8.60. The van der Waals surface area contributed by atoms with Crippen molar-refractivity contribution >= 4 is 23.5 Å². The first-order valence-corrected chi connectivity index (χ1v) is 5.23. The second-order valence-corrected chi connectivity index (χ2v) is 3.66. The molecule has 94 valence electrons. The van der Waals surface area contributed by atoms with Gasteiger partial charge in [-0.25, -0.2) is 0 Å². The van der Waals surface area contributed by atoms with E-state index in [1.807, 2.05) is 0 Å². The van der Waals surface area contributed by atoms with Crippen molar-refractivity contribution in [2.75, 3.05) is 14.2 Å². The molecule has 0 spiro atoms. The molecule has 3 N–H and O–H groups in total. The van der Waals surface area contributed by atoms with E-state index in [9.17, 15) is 14.8 Å². The summed E-state index contributed by atoms with van der Waals surface area (Å²) in [6, 6.07) is 5.10. The van der Waals surface area contributed by atoms with Crippen LogP contribution < -0.4 is 20.5 Å². The van der Waals surface area contributed by atoms with Crippen LogP contribution in [0.4, 0.5) is 0 Å². The van der Waals surface area contributed by atoms with Crippen LogP contribution in [0, 0.1) is 0 Å². The Kier molecular flexibility index (Phi) is 3.27. The molecule has 6 nitrogen and oxygen atoms in total. The third-order valence-electron chi connectivity index (χ3n) is 2.68. The van der Waals surface area contributed by atoms with Gasteiger partial charge in [-0.2, -0.15) is 0 Å². The fourth-order valence-electron chi connectivity index (χ4n) is 1.90. The highest BCUT2D eigenvalue weighted by Crippen LogP contribution is 2.27. The second-order valence-electron chi connectivity index (χ2n) is 3.66. The summed E-state index contributed by atoms with van der Waals surface area (Å²) in [6.45, 7) is 0. The topological polar surface area (TPSA) is 91.8 Å². The van der Waals surface area contributed by atoms with Gasteiger partial charge in [0, 0.05) is 5.39 Å². The molecule has 0 fully saturated rings. The first-order valence-electron chi connectivity index (χ1n) is 5.23. The number of fused-ring (bicyclic) bond motifs is 1. The lowest BCUT2D eigenvalue weighted by molar-refractivity contribution is 0.404. The predicted octanol–water partition coefficient (Wildman–Crippen LogP) is -0.775. The lowest BCUT2D eigenvalue weighted by Gasteiger charge is -2.12. The standard InChI is InChI=1S/C11H12BNO5/c1-17-7-5-3-4-6-9(7)13-11(14)8(12(15)16)10(6)18-2/h3-5,15-16H,1-2H3,(H,13,14). The Morgan fingerprint density at radius 3 is 2.50 bits per heavy atom. The minimum absolute atomic E-state index is 0.127. The van der Waals surface area contributed by atoms with Crippen LogP contribution in [0.15, 0.2) is 23.0 Å². The van der Waals surface area contributed by atoms with Crippen molar-refractivity contribution in [1.82, 2.24) is 4.98 Å². The Labute approximate surface area is 103 Å². The van der Waals surface area contributed by atoms with Gasteiger partial charge in [0.25, 0.3) is 5.56 Å². The van der Waals surface area contributed by atoms with Crippen molar-refractivity contribution in [2.24, 2.45) is 0 Å². The highest BCUT2D eigenvalue weighted by molar-refractivity contribution is 6.60. The van der Waals surface area contributed by atoms with Crippen LogP contribution in [-0.2, 0) is 0 Å². The molecule has 0 saturated carbocycles. The van der Waals surface area contributed by atoms with E-state index < -0.39 is 12.7 Å². The van der Waals surface area contributed by atoms with E-state index in [0.717, 1.165) is 0 Å². The number of benzene rings is 1. The van der Waals surface area contributed by atoms with Gasteiger partial charge in [0.1, 0.15) is 11.5 Å². The van der Waals surface area contributed by atoms with Crippen LogP contribution in [-0.4, -0.2) is 36.4 Å². The van der Waals surface area contributed by atoms with Gasteiger partial charge in [0.2, 0.25) is 0 Å². The zero-order valence-electron chi connectivity index (χ0n) is 9.93. The smallest absolute Gasteiger partial charge is 0.496 e. The van der Waals surface area contributed by atoms with Gasteiger partial charge >= 0.3 is 7.12 Å². The number of hydrogen-bond acceptors (Lipinski definition) is 5. The molecule has 0 atom stereocenters. The van der Waals surface area contributed by atoms with Gasteiger partial charge in [-0.05, 0) is 12.1 Å². The summed E-state index contributed by atoms with van der Waals surface area (Å²) in [6.07, 6.45) is 0. The maximum Gasteiger partial charge on any atom is 0.498 e. The number of aromatic amines is 1. The Morgan fingerprint density at radius 1 is 1.22 bits per heavy atom. The summed E-state index contributed by atoms with van der Waals surface area (Å²) in [7, 11) is 0.938. The fraction of sp³-hybridized carbons (Fsp3) is 0.182. The molecule has 0 radical (unpaired) electrons. The van der Waals surface area contributed by atoms with Crippen molar-refractivity contribution in [3.05, 3.63) is 28.6 Å². The van der Waals surface area contributed by atoms with Gasteiger partial charge in [0.05, 0.1) is 25.2 Å². The molecule has 1 heterocycles. The third-order valence-corrected chi connectivity index (χ3v) is 2.68. The number of nitrogens with one attached hydrogen (secondary N) is 1. The van der Waals surface area contributed by atoms with E-state index in [2.05, 4.69) is 4.98 Å². The number of pyridine rings is 1. The quantitative estimate of drug-likeness (QED) is 0.621. The van der Waals surface area contributed by atoms with Crippen molar-refractivity contribution in [3.8, 4) is 11.5 Å². The minimum Gasteiger partial charge on any atom is -0.496 e. The Hall–Kier alpha value is -1.99. The van der Waals surface area contributed by atoms with E-state index in [0.29, 0.717) is 16.7 Å².